The van der Waals surface area contributed by atoms with Crippen molar-refractivity contribution in [1.29, 1.82) is 0 Å². The zero-order valence-corrected chi connectivity index (χ0v) is 12.8. The summed E-state index contributed by atoms with van der Waals surface area (Å²) in [7, 11) is 3.29. The molecule has 2 aromatic carbocycles. The Kier molecular flexibility index (Phi) is 4.32. The van der Waals surface area contributed by atoms with Crippen molar-refractivity contribution in [2.24, 2.45) is 0 Å². The summed E-state index contributed by atoms with van der Waals surface area (Å²) in [4.78, 5) is 0. The molecule has 1 unspecified atom stereocenters. The highest BCUT2D eigenvalue weighted by molar-refractivity contribution is 9.10. The number of ether oxygens (including phenoxy) is 2. The van der Waals surface area contributed by atoms with Gasteiger partial charge in [-0.3, -0.25) is 0 Å². The Morgan fingerprint density at radius 2 is 1.63 bits per heavy atom. The fourth-order valence-electron chi connectivity index (χ4n) is 2.31. The number of rotatable bonds is 4. The molecule has 0 aliphatic carbocycles. The molecule has 3 nitrogen and oxygen atoms in total. The molecule has 1 atom stereocenters. The van der Waals surface area contributed by atoms with Gasteiger partial charge in [-0.1, -0.05) is 24.3 Å². The number of aliphatic hydroxyl groups excluding tert-OH is 1. The predicted octanol–water partition coefficient (Wildman–Crippen LogP) is 3.54. The molecule has 0 aliphatic heterocycles. The van der Waals surface area contributed by atoms with Gasteiger partial charge < -0.3 is 14.6 Å². The van der Waals surface area contributed by atoms with E-state index < -0.39 is 6.10 Å². The van der Waals surface area contributed by atoms with E-state index in [9.17, 15) is 5.11 Å². The molecule has 0 saturated heterocycles. The van der Waals surface area contributed by atoms with E-state index in [1.807, 2.05) is 24.3 Å². The lowest BCUT2D eigenvalue weighted by Crippen LogP contribution is -2.08. The highest BCUT2D eigenvalue weighted by atomic mass is 79.9. The molecule has 4 heteroatoms. The standard InChI is InChI=1S/C15H17BrO3/c1-9(17)8-12-13(16)15(19-3)11-7-5-4-6-10(11)14(12)18-2/h4-7,9,17H,8H2,1-3H3. The summed E-state index contributed by atoms with van der Waals surface area (Å²) < 4.78 is 11.9. The summed E-state index contributed by atoms with van der Waals surface area (Å²) in [6.45, 7) is 1.76. The van der Waals surface area contributed by atoms with Gasteiger partial charge in [-0.2, -0.15) is 0 Å². The van der Waals surface area contributed by atoms with Crippen LogP contribution in [-0.4, -0.2) is 25.4 Å². The number of benzene rings is 2. The van der Waals surface area contributed by atoms with Crippen molar-refractivity contribution in [1.82, 2.24) is 0 Å². The number of hydrogen-bond donors (Lipinski definition) is 1. The lowest BCUT2D eigenvalue weighted by molar-refractivity contribution is 0.194. The van der Waals surface area contributed by atoms with E-state index in [0.717, 1.165) is 32.3 Å². The van der Waals surface area contributed by atoms with Crippen molar-refractivity contribution < 1.29 is 14.6 Å². The van der Waals surface area contributed by atoms with Crippen LogP contribution in [0.4, 0.5) is 0 Å². The van der Waals surface area contributed by atoms with Gasteiger partial charge >= 0.3 is 0 Å². The van der Waals surface area contributed by atoms with Crippen molar-refractivity contribution in [3.05, 3.63) is 34.3 Å². The largest absolute Gasteiger partial charge is 0.496 e. The van der Waals surface area contributed by atoms with Crippen LogP contribution in [0.2, 0.25) is 0 Å². The third-order valence-electron chi connectivity index (χ3n) is 3.06. The third kappa shape index (κ3) is 2.55. The molecule has 0 radical (unpaired) electrons. The van der Waals surface area contributed by atoms with Crippen LogP contribution in [0.15, 0.2) is 28.7 Å². The third-order valence-corrected chi connectivity index (χ3v) is 3.90. The molecule has 19 heavy (non-hydrogen) atoms. The van der Waals surface area contributed by atoms with Gasteiger partial charge in [-0.25, -0.2) is 0 Å². The van der Waals surface area contributed by atoms with Crippen molar-refractivity contribution >= 4 is 26.7 Å². The van der Waals surface area contributed by atoms with Crippen LogP contribution in [0.25, 0.3) is 10.8 Å². The minimum atomic E-state index is -0.448. The summed E-state index contributed by atoms with van der Waals surface area (Å²) in [6, 6.07) is 7.91. The minimum absolute atomic E-state index is 0.448. The molecule has 102 valence electrons. The molecular weight excluding hydrogens is 308 g/mol. The van der Waals surface area contributed by atoms with Gasteiger partial charge in [-0.15, -0.1) is 0 Å². The van der Waals surface area contributed by atoms with E-state index in [-0.39, 0.29) is 0 Å². The van der Waals surface area contributed by atoms with Crippen LogP contribution in [0.5, 0.6) is 11.5 Å². The van der Waals surface area contributed by atoms with Crippen molar-refractivity contribution in [2.75, 3.05) is 14.2 Å². The Hall–Kier alpha value is -1.26. The molecule has 0 spiro atoms. The normalized spacial score (nSPS) is 12.5. The number of halogens is 1. The molecule has 1 N–H and O–H groups in total. The quantitative estimate of drug-likeness (QED) is 0.934. The maximum absolute atomic E-state index is 9.67. The van der Waals surface area contributed by atoms with E-state index in [1.54, 1.807) is 21.1 Å². The minimum Gasteiger partial charge on any atom is -0.496 e. The molecule has 0 saturated carbocycles. The molecule has 2 rings (SSSR count). The van der Waals surface area contributed by atoms with Gasteiger partial charge in [0.25, 0.3) is 0 Å². The molecule has 0 aromatic heterocycles. The molecule has 0 amide bonds. The van der Waals surface area contributed by atoms with Crippen molar-refractivity contribution in [2.45, 2.75) is 19.4 Å². The Balaban J connectivity index is 2.82. The molecule has 0 aliphatic rings. The van der Waals surface area contributed by atoms with Gasteiger partial charge in [-0.05, 0) is 22.9 Å². The average Bonchev–Trinajstić information content (AvgIpc) is 2.39. The van der Waals surface area contributed by atoms with Gasteiger partial charge in [0.1, 0.15) is 11.5 Å². The lowest BCUT2D eigenvalue weighted by atomic mass is 10.0. The van der Waals surface area contributed by atoms with Crippen LogP contribution >= 0.6 is 15.9 Å². The maximum Gasteiger partial charge on any atom is 0.141 e. The van der Waals surface area contributed by atoms with Gasteiger partial charge in [0.15, 0.2) is 0 Å². The Labute approximate surface area is 121 Å². The first kappa shape index (κ1) is 14.2. The zero-order valence-electron chi connectivity index (χ0n) is 11.2. The molecule has 0 bridgehead atoms. The van der Waals surface area contributed by atoms with Crippen LogP contribution in [-0.2, 0) is 6.42 Å². The fourth-order valence-corrected chi connectivity index (χ4v) is 3.02. The van der Waals surface area contributed by atoms with Crippen molar-refractivity contribution in [3.63, 3.8) is 0 Å². The number of fused-ring (bicyclic) bond motifs is 1. The van der Waals surface area contributed by atoms with Gasteiger partial charge in [0.05, 0.1) is 24.8 Å². The van der Waals surface area contributed by atoms with Crippen LogP contribution in [0.3, 0.4) is 0 Å². The zero-order chi connectivity index (χ0) is 14.0. The number of aliphatic hydroxyl groups is 1. The SMILES string of the molecule is COc1c(Br)c(CC(C)O)c(OC)c2ccccc12. The topological polar surface area (TPSA) is 38.7 Å². The van der Waals surface area contributed by atoms with E-state index >= 15 is 0 Å². The lowest BCUT2D eigenvalue weighted by Gasteiger charge is -2.18. The number of hydrogen-bond acceptors (Lipinski definition) is 3. The second-order valence-electron chi connectivity index (χ2n) is 4.46. The first-order valence-corrected chi connectivity index (χ1v) is 6.88. The average molecular weight is 325 g/mol. The highest BCUT2D eigenvalue weighted by Crippen LogP contribution is 2.44. The Bertz CT molecular complexity index is 593. The van der Waals surface area contributed by atoms with Crippen LogP contribution in [0, 0.1) is 0 Å². The summed E-state index contributed by atoms with van der Waals surface area (Å²) in [6.07, 6.45) is 0.0568. The monoisotopic (exact) mass is 324 g/mol. The van der Waals surface area contributed by atoms with Crippen LogP contribution < -0.4 is 9.47 Å². The van der Waals surface area contributed by atoms with E-state index in [4.69, 9.17) is 9.47 Å². The molecule has 0 fully saturated rings. The van der Waals surface area contributed by atoms with Gasteiger partial charge in [0, 0.05) is 22.8 Å². The Morgan fingerprint density at radius 3 is 2.11 bits per heavy atom. The first-order valence-electron chi connectivity index (χ1n) is 6.09. The summed E-state index contributed by atoms with van der Waals surface area (Å²) in [5.74, 6) is 1.55. The smallest absolute Gasteiger partial charge is 0.141 e. The summed E-state index contributed by atoms with van der Waals surface area (Å²) in [5, 5.41) is 11.6. The predicted molar refractivity (Wildman–Crippen MR) is 80.1 cm³/mol. The van der Waals surface area contributed by atoms with Crippen LogP contribution in [0.1, 0.15) is 12.5 Å². The van der Waals surface area contributed by atoms with E-state index in [0.29, 0.717) is 6.42 Å². The Morgan fingerprint density at radius 1 is 1.11 bits per heavy atom. The molecule has 2 aromatic rings. The van der Waals surface area contributed by atoms with E-state index in [1.165, 1.54) is 0 Å². The number of methoxy groups -OCH3 is 2. The summed E-state index contributed by atoms with van der Waals surface area (Å²) >= 11 is 3.57. The first-order chi connectivity index (χ1) is 9.10. The second kappa shape index (κ2) is 5.80. The highest BCUT2D eigenvalue weighted by Gasteiger charge is 2.19. The fraction of sp³-hybridized carbons (Fsp3) is 0.333. The second-order valence-corrected chi connectivity index (χ2v) is 5.25. The molecular formula is C15H17BrO3. The summed E-state index contributed by atoms with van der Waals surface area (Å²) in [5.41, 5.74) is 0.924. The maximum atomic E-state index is 9.67. The van der Waals surface area contributed by atoms with E-state index in [2.05, 4.69) is 15.9 Å². The van der Waals surface area contributed by atoms with Crippen molar-refractivity contribution in [3.8, 4) is 11.5 Å². The van der Waals surface area contributed by atoms with Gasteiger partial charge in [0.2, 0.25) is 0 Å². The molecule has 0 heterocycles.